The van der Waals surface area contributed by atoms with Gasteiger partial charge in [0.1, 0.15) is 17.1 Å². The third-order valence-corrected chi connectivity index (χ3v) is 5.88. The van der Waals surface area contributed by atoms with Crippen molar-refractivity contribution in [2.75, 3.05) is 18.1 Å². The first-order valence-corrected chi connectivity index (χ1v) is 8.73. The van der Waals surface area contributed by atoms with E-state index in [1.165, 1.54) is 33.1 Å². The minimum atomic E-state index is -1.14. The molecule has 12 heteroatoms. The number of rotatable bonds is 6. The van der Waals surface area contributed by atoms with Crippen molar-refractivity contribution in [3.63, 3.8) is 0 Å². The van der Waals surface area contributed by atoms with Crippen molar-refractivity contribution >= 4 is 35.4 Å². The maximum Gasteiger partial charge on any atom is 0.352 e. The average Bonchev–Trinajstić information content (AvgIpc) is 2.98. The number of carbonyl (C=O) groups is 2. The summed E-state index contributed by atoms with van der Waals surface area (Å²) >= 11 is 2.72. The minimum absolute atomic E-state index is 0.00846. The molecule has 23 heavy (non-hydrogen) atoms. The normalized spacial score (nSPS) is 23.7. The van der Waals surface area contributed by atoms with E-state index in [9.17, 15) is 14.7 Å². The Hall–Kier alpha value is -1.63. The quantitative estimate of drug-likeness (QED) is 0.398. The fraction of sp³-hybridized carbons (Fsp3) is 0.545. The second-order valence-corrected chi connectivity index (χ2v) is 6.94. The number of nitrogens with two attached hydrogens (primary N) is 1. The van der Waals surface area contributed by atoms with E-state index in [1.54, 1.807) is 0 Å². The van der Waals surface area contributed by atoms with Gasteiger partial charge in [0, 0.05) is 11.5 Å². The maximum absolute atomic E-state index is 11.8. The highest BCUT2D eigenvalue weighted by Crippen LogP contribution is 2.40. The van der Waals surface area contributed by atoms with Gasteiger partial charge in [-0.15, -0.1) is 16.9 Å². The smallest absolute Gasteiger partial charge is 0.352 e. The number of amides is 1. The van der Waals surface area contributed by atoms with Crippen molar-refractivity contribution in [3.05, 3.63) is 11.3 Å². The number of aliphatic hydroxyl groups excluding tert-OH is 1. The van der Waals surface area contributed by atoms with Crippen LogP contribution in [0.5, 0.6) is 0 Å². The Labute approximate surface area is 139 Å². The van der Waals surface area contributed by atoms with E-state index in [2.05, 4.69) is 15.5 Å². The molecular formula is C11H14N6O4S2. The molecule has 1 amide bonds. The van der Waals surface area contributed by atoms with Gasteiger partial charge in [-0.3, -0.25) is 9.69 Å². The van der Waals surface area contributed by atoms with E-state index >= 15 is 0 Å². The number of fused-ring (bicyclic) bond motifs is 1. The van der Waals surface area contributed by atoms with Crippen LogP contribution in [-0.2, 0) is 16.1 Å². The zero-order valence-corrected chi connectivity index (χ0v) is 13.5. The van der Waals surface area contributed by atoms with Crippen LogP contribution >= 0.6 is 23.5 Å². The second-order valence-electron chi connectivity index (χ2n) is 4.89. The number of carboxylic acid groups (broad SMARTS) is 1. The number of tetrazole rings is 1. The summed E-state index contributed by atoms with van der Waals surface area (Å²) in [5.41, 5.74) is 6.34. The number of hydrogen-bond acceptors (Lipinski definition) is 9. The molecule has 0 aliphatic carbocycles. The molecule has 2 aliphatic rings. The predicted molar refractivity (Wildman–Crippen MR) is 81.4 cm³/mol. The highest BCUT2D eigenvalue weighted by molar-refractivity contribution is 8.01. The molecule has 1 unspecified atom stereocenters. The van der Waals surface area contributed by atoms with Crippen molar-refractivity contribution in [2.24, 2.45) is 5.73 Å². The van der Waals surface area contributed by atoms with Crippen LogP contribution in [0.1, 0.15) is 0 Å². The van der Waals surface area contributed by atoms with Crippen molar-refractivity contribution in [3.8, 4) is 0 Å². The molecule has 3 heterocycles. The molecule has 3 rings (SSSR count). The van der Waals surface area contributed by atoms with Crippen LogP contribution in [0.25, 0.3) is 0 Å². The average molecular weight is 358 g/mol. The van der Waals surface area contributed by atoms with Gasteiger partial charge in [0.25, 0.3) is 0 Å². The van der Waals surface area contributed by atoms with E-state index in [0.29, 0.717) is 22.2 Å². The first kappa shape index (κ1) is 16.2. The molecule has 1 fully saturated rings. The van der Waals surface area contributed by atoms with Gasteiger partial charge in [0.15, 0.2) is 0 Å². The number of aromatic nitrogens is 4. The van der Waals surface area contributed by atoms with Crippen LogP contribution in [0.15, 0.2) is 16.4 Å². The molecular weight excluding hydrogens is 344 g/mol. The van der Waals surface area contributed by atoms with Crippen LogP contribution in [0, 0.1) is 0 Å². The third kappa shape index (κ3) is 2.82. The summed E-state index contributed by atoms with van der Waals surface area (Å²) in [6.45, 7) is 0.163. The van der Waals surface area contributed by atoms with Gasteiger partial charge in [-0.05, 0) is 16.0 Å². The SMILES string of the molecule is NC1C(=O)N2C(C(=O)O)=C(CSc3nnnn3CCO)CS[C@@H]12. The standard InChI is InChI=1S/C11H14N6O4S2/c12-6-8(19)17-7(10(20)21)5(3-22-9(6)17)4-23-11-13-14-15-16(11)1-2-18/h6,9,18H,1-4,12H2,(H,20,21)/t6?,9-/m0/s1. The van der Waals surface area contributed by atoms with Crippen LogP contribution in [0.3, 0.4) is 0 Å². The molecule has 2 atom stereocenters. The molecule has 1 saturated heterocycles. The fourth-order valence-electron chi connectivity index (χ4n) is 2.38. The fourth-order valence-corrected chi connectivity index (χ4v) is 4.71. The summed E-state index contributed by atoms with van der Waals surface area (Å²) in [7, 11) is 0. The summed E-state index contributed by atoms with van der Waals surface area (Å²) in [5.74, 6) is -0.682. The topological polar surface area (TPSA) is 147 Å². The van der Waals surface area contributed by atoms with Crippen molar-refractivity contribution < 1.29 is 19.8 Å². The number of carbonyl (C=O) groups excluding carboxylic acids is 1. The number of thioether (sulfide) groups is 2. The van der Waals surface area contributed by atoms with Gasteiger partial charge in [-0.2, -0.15) is 0 Å². The summed E-state index contributed by atoms with van der Waals surface area (Å²) in [6, 6.07) is -0.639. The van der Waals surface area contributed by atoms with Crippen molar-refractivity contribution in [2.45, 2.75) is 23.1 Å². The molecule has 4 N–H and O–H groups in total. The number of β-lactam (4-membered cyclic amide) rings is 1. The highest BCUT2D eigenvalue weighted by atomic mass is 32.2. The predicted octanol–water partition coefficient (Wildman–Crippen LogP) is -1.66. The summed E-state index contributed by atoms with van der Waals surface area (Å²) in [6.07, 6.45) is 0. The first-order chi connectivity index (χ1) is 11.0. The van der Waals surface area contributed by atoms with E-state index in [4.69, 9.17) is 10.8 Å². The lowest BCUT2D eigenvalue weighted by molar-refractivity contribution is -0.147. The first-order valence-electron chi connectivity index (χ1n) is 6.70. The Morgan fingerprint density at radius 1 is 1.52 bits per heavy atom. The molecule has 0 aromatic carbocycles. The summed E-state index contributed by atoms with van der Waals surface area (Å²) in [5, 5.41) is 29.7. The highest BCUT2D eigenvalue weighted by Gasteiger charge is 2.51. The van der Waals surface area contributed by atoms with Gasteiger partial charge < -0.3 is 15.9 Å². The van der Waals surface area contributed by atoms with Gasteiger partial charge in [0.2, 0.25) is 11.1 Å². The Morgan fingerprint density at radius 2 is 2.30 bits per heavy atom. The molecule has 10 nitrogen and oxygen atoms in total. The van der Waals surface area contributed by atoms with E-state index in [1.807, 2.05) is 0 Å². The van der Waals surface area contributed by atoms with E-state index in [-0.39, 0.29) is 30.1 Å². The summed E-state index contributed by atoms with van der Waals surface area (Å²) < 4.78 is 1.44. The Bertz CT molecular complexity index is 677. The number of aliphatic carboxylic acids is 1. The lowest BCUT2D eigenvalue weighted by Crippen LogP contribution is -2.68. The Kier molecular flexibility index (Phi) is 4.57. The Morgan fingerprint density at radius 3 is 3.00 bits per heavy atom. The molecule has 1 aromatic heterocycles. The molecule has 0 bridgehead atoms. The molecule has 0 spiro atoms. The van der Waals surface area contributed by atoms with Gasteiger partial charge in [-0.1, -0.05) is 11.8 Å². The molecule has 0 radical (unpaired) electrons. The molecule has 124 valence electrons. The number of aliphatic hydroxyl groups is 1. The lowest BCUT2D eigenvalue weighted by atomic mass is 10.0. The van der Waals surface area contributed by atoms with Crippen LogP contribution in [0.4, 0.5) is 0 Å². The van der Waals surface area contributed by atoms with Crippen LogP contribution in [-0.4, -0.2) is 76.7 Å². The Balaban J connectivity index is 1.78. The van der Waals surface area contributed by atoms with Crippen molar-refractivity contribution in [1.82, 2.24) is 25.1 Å². The van der Waals surface area contributed by atoms with Crippen molar-refractivity contribution in [1.29, 1.82) is 0 Å². The van der Waals surface area contributed by atoms with E-state index in [0.717, 1.165) is 0 Å². The molecule has 1 aromatic rings. The maximum atomic E-state index is 11.8. The largest absolute Gasteiger partial charge is 0.477 e. The second kappa shape index (κ2) is 6.47. The van der Waals surface area contributed by atoms with Gasteiger partial charge in [0.05, 0.1) is 13.2 Å². The monoisotopic (exact) mass is 358 g/mol. The molecule has 0 saturated carbocycles. The lowest BCUT2D eigenvalue weighted by Gasteiger charge is -2.48. The summed E-state index contributed by atoms with van der Waals surface area (Å²) in [4.78, 5) is 24.7. The van der Waals surface area contributed by atoms with Gasteiger partial charge >= 0.3 is 5.97 Å². The van der Waals surface area contributed by atoms with Crippen LogP contribution in [0.2, 0.25) is 0 Å². The van der Waals surface area contributed by atoms with Crippen LogP contribution < -0.4 is 5.73 Å². The number of nitrogens with zero attached hydrogens (tertiary/aromatic N) is 5. The third-order valence-electron chi connectivity index (χ3n) is 3.48. The zero-order valence-electron chi connectivity index (χ0n) is 11.8. The molecule has 2 aliphatic heterocycles. The number of hydrogen-bond donors (Lipinski definition) is 3. The number of carboxylic acids is 1. The van der Waals surface area contributed by atoms with Gasteiger partial charge in [-0.25, -0.2) is 9.48 Å². The van der Waals surface area contributed by atoms with E-state index < -0.39 is 12.0 Å². The zero-order chi connectivity index (χ0) is 16.6. The minimum Gasteiger partial charge on any atom is -0.477 e.